The summed E-state index contributed by atoms with van der Waals surface area (Å²) in [5.74, 6) is 0.967. The van der Waals surface area contributed by atoms with E-state index in [4.69, 9.17) is 19.4 Å². The van der Waals surface area contributed by atoms with E-state index in [2.05, 4.69) is 81.3 Å². The summed E-state index contributed by atoms with van der Waals surface area (Å²) in [6.45, 7) is 6.96. The van der Waals surface area contributed by atoms with Crippen molar-refractivity contribution in [3.8, 4) is 33.6 Å². The van der Waals surface area contributed by atoms with Gasteiger partial charge in [0, 0.05) is 18.7 Å². The third-order valence-corrected chi connectivity index (χ3v) is 12.8. The van der Waals surface area contributed by atoms with Crippen LogP contribution < -0.4 is 10.6 Å². The maximum absolute atomic E-state index is 14.0. The first-order chi connectivity index (χ1) is 29.5. The molecule has 316 valence electrons. The number of hydrogen-bond acceptors (Lipinski definition) is 9. The van der Waals surface area contributed by atoms with Gasteiger partial charge in [-0.3, -0.25) is 9.59 Å². The van der Waals surface area contributed by atoms with Crippen molar-refractivity contribution in [2.75, 3.05) is 27.3 Å². The minimum Gasteiger partial charge on any atom is -0.453 e. The van der Waals surface area contributed by atoms with Crippen LogP contribution in [0.25, 0.3) is 44.4 Å². The predicted octanol–water partition coefficient (Wildman–Crippen LogP) is 8.33. The monoisotopic (exact) mass is 842 g/mol. The molecule has 0 bridgehead atoms. The Morgan fingerprint density at radius 2 is 1.44 bits per heavy atom. The third-order valence-electron chi connectivity index (χ3n) is 12.1. The van der Waals surface area contributed by atoms with Crippen molar-refractivity contribution in [3.63, 3.8) is 0 Å². The molecule has 61 heavy (non-hydrogen) atoms. The lowest BCUT2D eigenvalue weighted by Gasteiger charge is -2.36. The second kappa shape index (κ2) is 17.2. The van der Waals surface area contributed by atoms with E-state index >= 15 is 0 Å². The average molecular weight is 843 g/mol. The number of imidazole rings is 2. The molecule has 6 aromatic rings. The average Bonchev–Trinajstić information content (AvgIpc) is 4.14. The van der Waals surface area contributed by atoms with Crippen LogP contribution in [-0.2, 0) is 24.6 Å². The van der Waals surface area contributed by atoms with Gasteiger partial charge in [-0.2, -0.15) is 11.3 Å². The Labute approximate surface area is 358 Å². The van der Waals surface area contributed by atoms with Crippen LogP contribution in [0.2, 0.25) is 0 Å². The molecule has 3 aromatic carbocycles. The fourth-order valence-corrected chi connectivity index (χ4v) is 9.33. The lowest BCUT2D eigenvalue weighted by molar-refractivity contribution is -0.138. The first-order valence-corrected chi connectivity index (χ1v) is 21.5. The van der Waals surface area contributed by atoms with Gasteiger partial charge in [0.1, 0.15) is 23.7 Å². The van der Waals surface area contributed by atoms with Crippen molar-refractivity contribution in [2.45, 2.75) is 70.1 Å². The minimum absolute atomic E-state index is 0.108. The van der Waals surface area contributed by atoms with Gasteiger partial charge in [-0.15, -0.1) is 0 Å². The molecule has 15 heteroatoms. The predicted molar refractivity (Wildman–Crippen MR) is 233 cm³/mol. The molecule has 4 amide bonds. The summed E-state index contributed by atoms with van der Waals surface area (Å²) < 4.78 is 9.61. The van der Waals surface area contributed by atoms with E-state index in [0.717, 1.165) is 75.9 Å². The van der Waals surface area contributed by atoms with Crippen molar-refractivity contribution in [2.24, 2.45) is 5.92 Å². The second-order valence-corrected chi connectivity index (χ2v) is 17.0. The molecule has 2 saturated heterocycles. The van der Waals surface area contributed by atoms with E-state index in [0.29, 0.717) is 24.5 Å². The van der Waals surface area contributed by atoms with Gasteiger partial charge in [0.05, 0.1) is 49.6 Å². The molecule has 4 N–H and O–H groups in total. The van der Waals surface area contributed by atoms with Gasteiger partial charge in [0.2, 0.25) is 5.91 Å². The number of thiophene rings is 1. The zero-order valence-electron chi connectivity index (χ0n) is 34.9. The van der Waals surface area contributed by atoms with E-state index in [1.165, 1.54) is 25.6 Å². The number of amides is 4. The summed E-state index contributed by atoms with van der Waals surface area (Å²) in [7, 11) is 2.58. The second-order valence-electron chi connectivity index (χ2n) is 16.2. The van der Waals surface area contributed by atoms with E-state index in [1.54, 1.807) is 0 Å². The van der Waals surface area contributed by atoms with Crippen LogP contribution in [0.4, 0.5) is 9.59 Å². The maximum atomic E-state index is 14.0. The molecule has 5 heterocycles. The number of hydrogen-bond donors (Lipinski definition) is 4. The molecule has 4 atom stereocenters. The van der Waals surface area contributed by atoms with Gasteiger partial charge in [-0.05, 0) is 101 Å². The third kappa shape index (κ3) is 8.21. The Kier molecular flexibility index (Phi) is 11.7. The van der Waals surface area contributed by atoms with E-state index in [9.17, 15) is 19.2 Å². The Balaban J connectivity index is 0.954. The number of ether oxygens (including phenoxy) is 2. The van der Waals surface area contributed by atoms with Crippen molar-refractivity contribution < 1.29 is 28.7 Å². The molecule has 2 aliphatic rings. The summed E-state index contributed by atoms with van der Waals surface area (Å²) in [5, 5.41) is 11.4. The Morgan fingerprint density at radius 3 is 2.15 bits per heavy atom. The molecule has 0 spiro atoms. The molecule has 3 aromatic heterocycles. The normalized spacial score (nSPS) is 18.6. The van der Waals surface area contributed by atoms with Gasteiger partial charge >= 0.3 is 12.2 Å². The quantitative estimate of drug-likeness (QED) is 0.101. The number of nitrogens with one attached hydrogen (secondary N) is 4. The van der Waals surface area contributed by atoms with Crippen LogP contribution in [-0.4, -0.2) is 87.1 Å². The number of rotatable bonds is 11. The van der Waals surface area contributed by atoms with Gasteiger partial charge in [0.15, 0.2) is 0 Å². The van der Waals surface area contributed by atoms with Crippen LogP contribution in [0.5, 0.6) is 0 Å². The number of H-pyrrole nitrogens is 2. The standard InChI is InChI=1S/C46H50N8O6S/c1-27(2)38(51-44(57)59-4)41(55)53-19-6-8-37(53)40-47-24-36(49-40)33-16-15-31-22-30(13-14-32(31)23-33)28-9-11-29(12-10-28)35-25-48-43(50-35)46(3)18-7-20-54(46)42(56)39(52-45(58)60-5)34-17-21-61-26-34/h9-17,21-27,37-39H,6-8,18-20H2,1-5H3,(H,47,49)(H,48,50)(H,51,57)(H,52,58)/t37-,38-,39-,46-/m0/s1. The first-order valence-electron chi connectivity index (χ1n) is 20.6. The molecular weight excluding hydrogens is 793 g/mol. The van der Waals surface area contributed by atoms with E-state index < -0.39 is 29.8 Å². The minimum atomic E-state index is -0.864. The number of fused-ring (bicyclic) bond motifs is 1. The van der Waals surface area contributed by atoms with Gasteiger partial charge in [-0.1, -0.05) is 62.4 Å². The highest BCUT2D eigenvalue weighted by Gasteiger charge is 2.46. The number of carbonyl (C=O) groups excluding carboxylic acids is 4. The van der Waals surface area contributed by atoms with Crippen LogP contribution in [0.15, 0.2) is 89.9 Å². The number of nitrogens with zero attached hydrogens (tertiary/aromatic N) is 4. The van der Waals surface area contributed by atoms with Gasteiger partial charge in [-0.25, -0.2) is 19.6 Å². The molecular formula is C46H50N8O6S. The van der Waals surface area contributed by atoms with Crippen LogP contribution in [0, 0.1) is 5.92 Å². The molecule has 0 aliphatic carbocycles. The van der Waals surface area contributed by atoms with E-state index in [-0.39, 0.29) is 23.8 Å². The summed E-state index contributed by atoms with van der Waals surface area (Å²) in [5.41, 5.74) is 5.86. The van der Waals surface area contributed by atoms with Crippen LogP contribution in [0.3, 0.4) is 0 Å². The van der Waals surface area contributed by atoms with Crippen LogP contribution >= 0.6 is 11.3 Å². The smallest absolute Gasteiger partial charge is 0.407 e. The highest BCUT2D eigenvalue weighted by molar-refractivity contribution is 7.08. The molecule has 0 saturated carbocycles. The van der Waals surface area contributed by atoms with Crippen molar-refractivity contribution >= 4 is 46.1 Å². The zero-order chi connectivity index (χ0) is 42.8. The van der Waals surface area contributed by atoms with Crippen molar-refractivity contribution in [1.29, 1.82) is 0 Å². The van der Waals surface area contributed by atoms with Gasteiger partial charge in [0.25, 0.3) is 5.91 Å². The summed E-state index contributed by atoms with van der Waals surface area (Å²) in [6.07, 6.45) is 5.50. The number of alkyl carbamates (subject to hydrolysis) is 2. The number of aromatic nitrogens is 4. The fraction of sp³-hybridized carbons (Fsp3) is 0.348. The highest BCUT2D eigenvalue weighted by atomic mass is 32.1. The molecule has 0 unspecified atom stereocenters. The van der Waals surface area contributed by atoms with Crippen molar-refractivity contribution in [3.05, 3.63) is 107 Å². The lowest BCUT2D eigenvalue weighted by Crippen LogP contribution is -2.51. The number of benzene rings is 3. The highest BCUT2D eigenvalue weighted by Crippen LogP contribution is 2.40. The van der Waals surface area contributed by atoms with E-state index in [1.807, 2.05) is 59.8 Å². The molecule has 8 rings (SSSR count). The summed E-state index contributed by atoms with van der Waals surface area (Å²) >= 11 is 1.46. The number of aromatic amines is 2. The zero-order valence-corrected chi connectivity index (χ0v) is 35.7. The summed E-state index contributed by atoms with van der Waals surface area (Å²) in [4.78, 5) is 72.0. The fourth-order valence-electron chi connectivity index (χ4n) is 8.64. The number of carbonyl (C=O) groups is 4. The Morgan fingerprint density at radius 1 is 0.787 bits per heavy atom. The maximum Gasteiger partial charge on any atom is 0.407 e. The van der Waals surface area contributed by atoms with Crippen molar-refractivity contribution in [1.82, 2.24) is 40.4 Å². The number of likely N-dealkylation sites (tertiary alicyclic amines) is 2. The summed E-state index contributed by atoms with van der Waals surface area (Å²) in [6, 6.07) is 21.2. The molecule has 0 radical (unpaired) electrons. The molecule has 2 fully saturated rings. The molecule has 14 nitrogen and oxygen atoms in total. The largest absolute Gasteiger partial charge is 0.453 e. The molecule has 2 aliphatic heterocycles. The lowest BCUT2D eigenvalue weighted by atomic mass is 9.96. The van der Waals surface area contributed by atoms with Crippen LogP contribution in [0.1, 0.15) is 75.8 Å². The van der Waals surface area contributed by atoms with Gasteiger partial charge < -0.3 is 39.9 Å². The SMILES string of the molecule is COC(=O)N[C@H](C(=O)N1CCC[C@@]1(C)c1ncc(-c2ccc(-c3ccc4cc(-c5cnc([C@@H]6CCCN6C(=O)[C@@H](NC(=O)OC)C(C)C)[nH]5)ccc4c3)cc2)[nH]1)c1ccsc1. The topological polar surface area (TPSA) is 175 Å². The first kappa shape index (κ1) is 41.3. The Bertz CT molecular complexity index is 2550. The Hall–Kier alpha value is -6.48. The number of methoxy groups -OCH3 is 2.